The zero-order valence-corrected chi connectivity index (χ0v) is 12.9. The molecule has 3 rings (SSSR count). The third-order valence-electron chi connectivity index (χ3n) is 3.09. The molecule has 0 aliphatic rings. The smallest absolute Gasteiger partial charge is 0.154 e. The number of aromatic nitrogens is 3. The Morgan fingerprint density at radius 1 is 1.25 bits per heavy atom. The number of halogens is 1. The van der Waals surface area contributed by atoms with Gasteiger partial charge in [0.1, 0.15) is 10.4 Å². The van der Waals surface area contributed by atoms with Gasteiger partial charge >= 0.3 is 0 Å². The Balaban J connectivity index is 2.06. The molecule has 3 aromatic rings. The Kier molecular flexibility index (Phi) is 3.44. The molecule has 0 amide bonds. The molecule has 0 N–H and O–H groups in total. The fourth-order valence-corrected chi connectivity index (χ4v) is 2.49. The average Bonchev–Trinajstić information content (AvgIpc) is 2.82. The number of imidazole rings is 1. The van der Waals surface area contributed by atoms with Crippen molar-refractivity contribution < 1.29 is 4.74 Å². The van der Waals surface area contributed by atoms with Crippen LogP contribution < -0.4 is 4.74 Å². The third kappa shape index (κ3) is 2.29. The van der Waals surface area contributed by atoms with Gasteiger partial charge in [-0.15, -0.1) is 0 Å². The number of benzene rings is 1. The van der Waals surface area contributed by atoms with E-state index in [0.29, 0.717) is 6.61 Å². The number of fused-ring (bicyclic) bond motifs is 1. The topological polar surface area (TPSA) is 39.4 Å². The Bertz CT molecular complexity index is 767. The molecule has 1 aromatic carbocycles. The summed E-state index contributed by atoms with van der Waals surface area (Å²) in [5.41, 5.74) is 3.90. The third-order valence-corrected chi connectivity index (χ3v) is 3.63. The predicted octanol–water partition coefficient (Wildman–Crippen LogP) is 3.87. The molecule has 0 atom stereocenters. The van der Waals surface area contributed by atoms with E-state index in [9.17, 15) is 0 Å². The van der Waals surface area contributed by atoms with Gasteiger partial charge in [-0.05, 0) is 65.7 Å². The van der Waals surface area contributed by atoms with Crippen molar-refractivity contribution in [1.82, 2.24) is 14.6 Å². The molecule has 2 aromatic heterocycles. The summed E-state index contributed by atoms with van der Waals surface area (Å²) in [5.74, 6) is 0.918. The molecule has 0 aliphatic heterocycles. The van der Waals surface area contributed by atoms with E-state index in [0.717, 1.165) is 32.8 Å². The zero-order valence-electron chi connectivity index (χ0n) is 11.3. The average molecular weight is 332 g/mol. The van der Waals surface area contributed by atoms with Crippen molar-refractivity contribution >= 4 is 21.6 Å². The van der Waals surface area contributed by atoms with E-state index in [1.54, 1.807) is 10.7 Å². The summed E-state index contributed by atoms with van der Waals surface area (Å²) in [6, 6.07) is 10.0. The van der Waals surface area contributed by atoms with Crippen molar-refractivity contribution in [2.75, 3.05) is 6.61 Å². The van der Waals surface area contributed by atoms with Crippen molar-refractivity contribution in [2.45, 2.75) is 13.8 Å². The minimum Gasteiger partial charge on any atom is -0.494 e. The van der Waals surface area contributed by atoms with E-state index in [4.69, 9.17) is 4.74 Å². The van der Waals surface area contributed by atoms with Gasteiger partial charge in [0, 0.05) is 5.56 Å². The first-order valence-electron chi connectivity index (χ1n) is 6.43. The van der Waals surface area contributed by atoms with Crippen molar-refractivity contribution in [2.24, 2.45) is 0 Å². The largest absolute Gasteiger partial charge is 0.494 e. The monoisotopic (exact) mass is 331 g/mol. The van der Waals surface area contributed by atoms with Crippen LogP contribution in [0.15, 0.2) is 41.1 Å². The molecule has 0 unspecified atom stereocenters. The summed E-state index contributed by atoms with van der Waals surface area (Å²) in [5, 5.41) is 4.59. The lowest BCUT2D eigenvalue weighted by Crippen LogP contribution is -1.97. The maximum Gasteiger partial charge on any atom is 0.154 e. The Labute approximate surface area is 125 Å². The molecule has 5 heteroatoms. The summed E-state index contributed by atoms with van der Waals surface area (Å²) in [7, 11) is 0. The summed E-state index contributed by atoms with van der Waals surface area (Å²) < 4.78 is 8.18. The number of aryl methyl sites for hydroxylation is 1. The van der Waals surface area contributed by atoms with Gasteiger partial charge < -0.3 is 4.74 Å². The molecule has 0 saturated heterocycles. The van der Waals surface area contributed by atoms with Crippen molar-refractivity contribution in [3.8, 4) is 17.0 Å². The van der Waals surface area contributed by atoms with Crippen molar-refractivity contribution in [1.29, 1.82) is 0 Å². The van der Waals surface area contributed by atoms with Crippen LogP contribution in [0.2, 0.25) is 0 Å². The normalized spacial score (nSPS) is 10.9. The number of nitrogens with zero attached hydrogens (tertiary/aromatic N) is 3. The SMILES string of the molecule is CCOc1ccc(-c2ccc3ncc(Br)n3n2)cc1C. The minimum absolute atomic E-state index is 0.673. The van der Waals surface area contributed by atoms with Gasteiger partial charge in [0.05, 0.1) is 18.5 Å². The van der Waals surface area contributed by atoms with Crippen molar-refractivity contribution in [3.05, 3.63) is 46.7 Å². The standard InChI is InChI=1S/C15H14BrN3O/c1-3-20-13-6-4-11(8-10(13)2)12-5-7-15-17-9-14(16)19(15)18-12/h4-9H,3H2,1-2H3. The first-order chi connectivity index (χ1) is 9.69. The lowest BCUT2D eigenvalue weighted by atomic mass is 10.1. The summed E-state index contributed by atoms with van der Waals surface area (Å²) in [6.45, 7) is 4.70. The summed E-state index contributed by atoms with van der Waals surface area (Å²) in [6.07, 6.45) is 1.75. The van der Waals surface area contributed by atoms with E-state index in [2.05, 4.69) is 32.1 Å². The molecule has 0 radical (unpaired) electrons. The highest BCUT2D eigenvalue weighted by Gasteiger charge is 2.07. The molecule has 2 heterocycles. The van der Waals surface area contributed by atoms with Crippen LogP contribution in [0.4, 0.5) is 0 Å². The van der Waals surface area contributed by atoms with Gasteiger partial charge in [0.25, 0.3) is 0 Å². The fourth-order valence-electron chi connectivity index (χ4n) is 2.13. The van der Waals surface area contributed by atoms with Crippen LogP contribution in [-0.2, 0) is 0 Å². The highest BCUT2D eigenvalue weighted by molar-refractivity contribution is 9.10. The lowest BCUT2D eigenvalue weighted by molar-refractivity contribution is 0.338. The van der Waals surface area contributed by atoms with E-state index in [1.165, 1.54) is 0 Å². The predicted molar refractivity (Wildman–Crippen MR) is 82.0 cm³/mol. The number of hydrogen-bond acceptors (Lipinski definition) is 3. The van der Waals surface area contributed by atoms with Gasteiger partial charge in [-0.3, -0.25) is 0 Å². The molecule has 0 spiro atoms. The molecule has 20 heavy (non-hydrogen) atoms. The van der Waals surface area contributed by atoms with E-state index in [-0.39, 0.29) is 0 Å². The fraction of sp³-hybridized carbons (Fsp3) is 0.200. The Morgan fingerprint density at radius 2 is 2.10 bits per heavy atom. The van der Waals surface area contributed by atoms with E-state index < -0.39 is 0 Å². The maximum atomic E-state index is 5.56. The van der Waals surface area contributed by atoms with Gasteiger partial charge in [-0.2, -0.15) is 5.10 Å². The number of rotatable bonds is 3. The lowest BCUT2D eigenvalue weighted by Gasteiger charge is -2.09. The van der Waals surface area contributed by atoms with Crippen LogP contribution in [0, 0.1) is 6.92 Å². The molecule has 0 bridgehead atoms. The van der Waals surface area contributed by atoms with Crippen LogP contribution in [0.5, 0.6) is 5.75 Å². The first-order valence-corrected chi connectivity index (χ1v) is 7.22. The molecule has 0 aliphatic carbocycles. The molecular weight excluding hydrogens is 318 g/mol. The van der Waals surface area contributed by atoms with Crippen LogP contribution >= 0.6 is 15.9 Å². The second kappa shape index (κ2) is 5.25. The summed E-state index contributed by atoms with van der Waals surface area (Å²) >= 11 is 3.44. The van der Waals surface area contributed by atoms with Crippen LogP contribution in [0.25, 0.3) is 16.9 Å². The Morgan fingerprint density at radius 3 is 2.85 bits per heavy atom. The van der Waals surface area contributed by atoms with Crippen LogP contribution in [0.1, 0.15) is 12.5 Å². The molecule has 0 saturated carbocycles. The second-order valence-corrected chi connectivity index (χ2v) is 5.30. The minimum atomic E-state index is 0.673. The zero-order chi connectivity index (χ0) is 14.1. The molecule has 0 fully saturated rings. The first kappa shape index (κ1) is 13.1. The highest BCUT2D eigenvalue weighted by atomic mass is 79.9. The van der Waals surface area contributed by atoms with Crippen molar-refractivity contribution in [3.63, 3.8) is 0 Å². The number of hydrogen-bond donors (Lipinski definition) is 0. The van der Waals surface area contributed by atoms with E-state index in [1.807, 2.05) is 38.1 Å². The van der Waals surface area contributed by atoms with Crippen LogP contribution in [-0.4, -0.2) is 21.2 Å². The maximum absolute atomic E-state index is 5.56. The molecule has 4 nitrogen and oxygen atoms in total. The van der Waals surface area contributed by atoms with Crippen LogP contribution in [0.3, 0.4) is 0 Å². The summed E-state index contributed by atoms with van der Waals surface area (Å²) in [4.78, 5) is 4.24. The quantitative estimate of drug-likeness (QED) is 0.731. The Hall–Kier alpha value is -1.88. The van der Waals surface area contributed by atoms with Gasteiger partial charge in [-0.1, -0.05) is 0 Å². The molecule has 102 valence electrons. The van der Waals surface area contributed by atoms with Gasteiger partial charge in [0.2, 0.25) is 0 Å². The van der Waals surface area contributed by atoms with Gasteiger partial charge in [0.15, 0.2) is 5.65 Å². The second-order valence-electron chi connectivity index (χ2n) is 4.48. The molecular formula is C15H14BrN3O. The van der Waals surface area contributed by atoms with Gasteiger partial charge in [-0.25, -0.2) is 9.50 Å². The highest BCUT2D eigenvalue weighted by Crippen LogP contribution is 2.25. The number of ether oxygens (including phenoxy) is 1. The van der Waals surface area contributed by atoms with E-state index >= 15 is 0 Å².